The first-order valence-corrected chi connectivity index (χ1v) is 5.69. The first-order chi connectivity index (χ1) is 7.88. The topological polar surface area (TPSA) is 59.1 Å². The second-order valence-electron chi connectivity index (χ2n) is 4.02. The van der Waals surface area contributed by atoms with E-state index in [2.05, 4.69) is 20.6 Å². The molecule has 2 rings (SSSR count). The Morgan fingerprint density at radius 3 is 3.25 bits per heavy atom. The predicted molar refractivity (Wildman–Crippen MR) is 62.7 cm³/mol. The lowest BCUT2D eigenvalue weighted by atomic mass is 10.1. The van der Waals surface area contributed by atoms with Gasteiger partial charge in [-0.25, -0.2) is 0 Å². The summed E-state index contributed by atoms with van der Waals surface area (Å²) >= 11 is 0. The number of ether oxygens (including phenoxy) is 1. The Morgan fingerprint density at radius 2 is 2.50 bits per heavy atom. The van der Waals surface area contributed by atoms with Gasteiger partial charge >= 0.3 is 0 Å². The molecule has 0 aliphatic carbocycles. The Kier molecular flexibility index (Phi) is 3.93. The molecule has 1 unspecified atom stereocenters. The van der Waals surface area contributed by atoms with Gasteiger partial charge in [-0.2, -0.15) is 4.98 Å². The second-order valence-corrected chi connectivity index (χ2v) is 4.02. The summed E-state index contributed by atoms with van der Waals surface area (Å²) in [7, 11) is 1.60. The van der Waals surface area contributed by atoms with Gasteiger partial charge in [-0.3, -0.25) is 4.98 Å². The summed E-state index contributed by atoms with van der Waals surface area (Å²) in [5.74, 6) is 2.13. The van der Waals surface area contributed by atoms with Crippen LogP contribution in [0.15, 0.2) is 12.4 Å². The van der Waals surface area contributed by atoms with Gasteiger partial charge in [0.2, 0.25) is 5.88 Å². The van der Waals surface area contributed by atoms with E-state index in [-0.39, 0.29) is 0 Å². The molecule has 1 aliphatic heterocycles. The van der Waals surface area contributed by atoms with E-state index in [0.717, 1.165) is 31.4 Å². The van der Waals surface area contributed by atoms with E-state index in [1.54, 1.807) is 19.5 Å². The smallest absolute Gasteiger partial charge is 0.233 e. The maximum atomic E-state index is 5.01. The maximum Gasteiger partial charge on any atom is 0.233 e. The molecule has 1 fully saturated rings. The Hall–Kier alpha value is -1.36. The van der Waals surface area contributed by atoms with E-state index in [0.29, 0.717) is 5.88 Å². The molecule has 1 aromatic heterocycles. The van der Waals surface area contributed by atoms with Crippen molar-refractivity contribution in [3.05, 3.63) is 12.4 Å². The van der Waals surface area contributed by atoms with Crippen LogP contribution in [-0.2, 0) is 0 Å². The number of anilines is 1. The van der Waals surface area contributed by atoms with E-state index in [9.17, 15) is 0 Å². The van der Waals surface area contributed by atoms with Crippen molar-refractivity contribution < 1.29 is 4.74 Å². The first-order valence-electron chi connectivity index (χ1n) is 5.69. The quantitative estimate of drug-likeness (QED) is 0.775. The molecule has 1 aromatic rings. The molecule has 88 valence electrons. The molecule has 1 atom stereocenters. The van der Waals surface area contributed by atoms with Crippen LogP contribution in [0.4, 0.5) is 5.82 Å². The molecule has 16 heavy (non-hydrogen) atoms. The van der Waals surface area contributed by atoms with Gasteiger partial charge in [-0.1, -0.05) is 0 Å². The van der Waals surface area contributed by atoms with Crippen molar-refractivity contribution in [1.82, 2.24) is 15.3 Å². The van der Waals surface area contributed by atoms with Crippen molar-refractivity contribution in [3.63, 3.8) is 0 Å². The number of aromatic nitrogens is 2. The number of hydrogen-bond acceptors (Lipinski definition) is 5. The lowest BCUT2D eigenvalue weighted by Gasteiger charge is -2.09. The van der Waals surface area contributed by atoms with Crippen LogP contribution in [0.25, 0.3) is 0 Å². The molecule has 0 bridgehead atoms. The third-order valence-electron chi connectivity index (χ3n) is 2.84. The minimum Gasteiger partial charge on any atom is -0.480 e. The van der Waals surface area contributed by atoms with E-state index >= 15 is 0 Å². The van der Waals surface area contributed by atoms with Crippen LogP contribution in [0.1, 0.15) is 12.8 Å². The SMILES string of the molecule is COc1cncc(NCCC2CCNC2)n1. The average Bonchev–Trinajstić information content (AvgIpc) is 2.82. The number of hydrogen-bond donors (Lipinski definition) is 2. The van der Waals surface area contributed by atoms with Crippen LogP contribution in [0.2, 0.25) is 0 Å². The van der Waals surface area contributed by atoms with E-state index in [1.165, 1.54) is 12.8 Å². The Bertz CT molecular complexity index is 326. The van der Waals surface area contributed by atoms with Gasteiger partial charge in [0.05, 0.1) is 19.5 Å². The zero-order valence-electron chi connectivity index (χ0n) is 9.57. The summed E-state index contributed by atoms with van der Waals surface area (Å²) in [4.78, 5) is 8.29. The molecule has 5 heteroatoms. The highest BCUT2D eigenvalue weighted by molar-refractivity contribution is 5.32. The minimum absolute atomic E-state index is 0.549. The maximum absolute atomic E-state index is 5.01. The molecular formula is C11H18N4O. The van der Waals surface area contributed by atoms with Gasteiger partial charge in [0.1, 0.15) is 5.82 Å². The molecule has 2 heterocycles. The fourth-order valence-electron chi connectivity index (χ4n) is 1.90. The number of rotatable bonds is 5. The van der Waals surface area contributed by atoms with Crippen molar-refractivity contribution in [2.24, 2.45) is 5.92 Å². The van der Waals surface area contributed by atoms with Gasteiger partial charge in [-0.05, 0) is 31.8 Å². The fourth-order valence-corrected chi connectivity index (χ4v) is 1.90. The second kappa shape index (κ2) is 5.65. The Balaban J connectivity index is 1.75. The van der Waals surface area contributed by atoms with Gasteiger partial charge in [0, 0.05) is 6.54 Å². The van der Waals surface area contributed by atoms with Crippen molar-refractivity contribution >= 4 is 5.82 Å². The molecule has 0 amide bonds. The molecule has 1 saturated heterocycles. The average molecular weight is 222 g/mol. The third kappa shape index (κ3) is 3.06. The van der Waals surface area contributed by atoms with Gasteiger partial charge in [-0.15, -0.1) is 0 Å². The summed E-state index contributed by atoms with van der Waals surface area (Å²) in [6.07, 6.45) is 5.78. The Labute approximate surface area is 95.6 Å². The van der Waals surface area contributed by atoms with E-state index in [1.807, 2.05) is 0 Å². The molecule has 1 aliphatic rings. The highest BCUT2D eigenvalue weighted by Crippen LogP contribution is 2.13. The standard InChI is InChI=1S/C11H18N4O/c1-16-11-8-13-7-10(15-11)14-5-3-9-2-4-12-6-9/h7-9,12H,2-6H2,1H3,(H,14,15). The van der Waals surface area contributed by atoms with Crippen molar-refractivity contribution in [2.45, 2.75) is 12.8 Å². The van der Waals surface area contributed by atoms with Crippen molar-refractivity contribution in [3.8, 4) is 5.88 Å². The first kappa shape index (κ1) is 11.1. The van der Waals surface area contributed by atoms with Gasteiger partial charge < -0.3 is 15.4 Å². The molecule has 0 radical (unpaired) electrons. The number of nitrogens with one attached hydrogen (secondary N) is 2. The lowest BCUT2D eigenvalue weighted by Crippen LogP contribution is -2.13. The zero-order chi connectivity index (χ0) is 11.2. The highest BCUT2D eigenvalue weighted by atomic mass is 16.5. The molecule has 0 aromatic carbocycles. The normalized spacial score (nSPS) is 19.7. The monoisotopic (exact) mass is 222 g/mol. The van der Waals surface area contributed by atoms with Gasteiger partial charge in [0.15, 0.2) is 0 Å². The molecule has 0 spiro atoms. The third-order valence-corrected chi connectivity index (χ3v) is 2.84. The summed E-state index contributed by atoms with van der Waals surface area (Å²) in [6.45, 7) is 3.24. The van der Waals surface area contributed by atoms with Gasteiger partial charge in [0.25, 0.3) is 0 Å². The van der Waals surface area contributed by atoms with Crippen LogP contribution in [0.3, 0.4) is 0 Å². The molecule has 5 nitrogen and oxygen atoms in total. The summed E-state index contributed by atoms with van der Waals surface area (Å²) in [6, 6.07) is 0. The fraction of sp³-hybridized carbons (Fsp3) is 0.636. The summed E-state index contributed by atoms with van der Waals surface area (Å²) in [5.41, 5.74) is 0. The largest absolute Gasteiger partial charge is 0.480 e. The summed E-state index contributed by atoms with van der Waals surface area (Å²) in [5, 5.41) is 6.63. The number of nitrogens with zero attached hydrogens (tertiary/aromatic N) is 2. The molecule has 0 saturated carbocycles. The minimum atomic E-state index is 0.549. The Morgan fingerprint density at radius 1 is 1.56 bits per heavy atom. The van der Waals surface area contributed by atoms with Crippen LogP contribution in [0.5, 0.6) is 5.88 Å². The van der Waals surface area contributed by atoms with E-state index < -0.39 is 0 Å². The lowest BCUT2D eigenvalue weighted by molar-refractivity contribution is 0.396. The predicted octanol–water partition coefficient (Wildman–Crippen LogP) is 0.897. The van der Waals surface area contributed by atoms with Crippen LogP contribution >= 0.6 is 0 Å². The number of methoxy groups -OCH3 is 1. The van der Waals surface area contributed by atoms with Crippen LogP contribution in [0, 0.1) is 5.92 Å². The van der Waals surface area contributed by atoms with Crippen molar-refractivity contribution in [2.75, 3.05) is 32.1 Å². The van der Waals surface area contributed by atoms with Crippen molar-refractivity contribution in [1.29, 1.82) is 0 Å². The highest BCUT2D eigenvalue weighted by Gasteiger charge is 2.13. The zero-order valence-corrected chi connectivity index (χ0v) is 9.57. The molecule has 2 N–H and O–H groups in total. The van der Waals surface area contributed by atoms with E-state index in [4.69, 9.17) is 4.74 Å². The van der Waals surface area contributed by atoms with Crippen LogP contribution in [-0.4, -0.2) is 36.7 Å². The summed E-state index contributed by atoms with van der Waals surface area (Å²) < 4.78 is 5.01. The molecular weight excluding hydrogens is 204 g/mol. The van der Waals surface area contributed by atoms with Crippen LogP contribution < -0.4 is 15.4 Å².